The van der Waals surface area contributed by atoms with Crippen molar-refractivity contribution in [3.05, 3.63) is 71.8 Å². The van der Waals surface area contributed by atoms with Crippen LogP contribution in [0.1, 0.15) is 17.0 Å². The molecule has 0 saturated carbocycles. The smallest absolute Gasteiger partial charge is 0.0593 e. The largest absolute Gasteiger partial charge is 0.379 e. The molecule has 0 atom stereocenters. The molecule has 2 nitrogen and oxygen atoms in total. The van der Waals surface area contributed by atoms with E-state index in [2.05, 4.69) is 79.7 Å². The lowest BCUT2D eigenvalue weighted by molar-refractivity contribution is 0.112. The van der Waals surface area contributed by atoms with Gasteiger partial charge in [-0.1, -0.05) is 60.7 Å². The van der Waals surface area contributed by atoms with Gasteiger partial charge in [0.2, 0.25) is 0 Å². The zero-order valence-corrected chi connectivity index (χ0v) is 13.6. The molecule has 2 aromatic rings. The number of halogens is 1. The van der Waals surface area contributed by atoms with Crippen LogP contribution < -0.4 is 0 Å². The maximum Gasteiger partial charge on any atom is 0.0593 e. The summed E-state index contributed by atoms with van der Waals surface area (Å²) in [6.45, 7) is 2.45. The summed E-state index contributed by atoms with van der Waals surface area (Å²) in [7, 11) is 4.13. The van der Waals surface area contributed by atoms with E-state index >= 15 is 0 Å². The summed E-state index contributed by atoms with van der Waals surface area (Å²) >= 11 is 0. The highest BCUT2D eigenvalue weighted by Crippen LogP contribution is 2.24. The zero-order valence-electron chi connectivity index (χ0n) is 12.7. The fourth-order valence-corrected chi connectivity index (χ4v) is 2.20. The summed E-state index contributed by atoms with van der Waals surface area (Å²) in [5.41, 5.74) is 2.62. The van der Waals surface area contributed by atoms with Crippen LogP contribution in [0.3, 0.4) is 0 Å². The molecule has 0 spiro atoms. The molecule has 0 fully saturated rings. The third kappa shape index (κ3) is 5.88. The van der Waals surface area contributed by atoms with E-state index in [0.717, 1.165) is 19.8 Å². The van der Waals surface area contributed by atoms with E-state index in [-0.39, 0.29) is 12.4 Å². The summed E-state index contributed by atoms with van der Waals surface area (Å²) < 4.78 is 5.87. The topological polar surface area (TPSA) is 12.5 Å². The Labute approximate surface area is 134 Å². The molecule has 3 heteroatoms. The Morgan fingerprint density at radius 3 is 1.76 bits per heavy atom. The van der Waals surface area contributed by atoms with Gasteiger partial charge in [0.25, 0.3) is 0 Å². The normalized spacial score (nSPS) is 10.7. The predicted molar refractivity (Wildman–Crippen MR) is 91.3 cm³/mol. The van der Waals surface area contributed by atoms with Crippen LogP contribution in [-0.4, -0.2) is 38.8 Å². The molecule has 0 bridgehead atoms. The van der Waals surface area contributed by atoms with Gasteiger partial charge in [0.15, 0.2) is 0 Å². The van der Waals surface area contributed by atoms with Crippen LogP contribution in [0.5, 0.6) is 0 Å². The molecule has 0 unspecified atom stereocenters. The van der Waals surface area contributed by atoms with Crippen LogP contribution >= 0.6 is 12.4 Å². The molecule has 0 aliphatic rings. The van der Waals surface area contributed by atoms with Crippen LogP contribution in [-0.2, 0) is 4.74 Å². The highest BCUT2D eigenvalue weighted by atomic mass is 35.5. The van der Waals surface area contributed by atoms with Crippen molar-refractivity contribution in [2.24, 2.45) is 0 Å². The van der Waals surface area contributed by atoms with Crippen molar-refractivity contribution in [3.63, 3.8) is 0 Å². The van der Waals surface area contributed by atoms with Gasteiger partial charge in [0, 0.05) is 12.5 Å². The molecule has 0 aliphatic carbocycles. The monoisotopic (exact) mass is 305 g/mol. The van der Waals surface area contributed by atoms with Gasteiger partial charge >= 0.3 is 0 Å². The van der Waals surface area contributed by atoms with Crippen LogP contribution in [0, 0.1) is 0 Å². The van der Waals surface area contributed by atoms with E-state index < -0.39 is 0 Å². The molecule has 0 heterocycles. The van der Waals surface area contributed by atoms with Crippen molar-refractivity contribution >= 4 is 12.4 Å². The minimum atomic E-state index is 0. The highest BCUT2D eigenvalue weighted by molar-refractivity contribution is 5.85. The first-order chi connectivity index (χ1) is 9.77. The Hall–Kier alpha value is -1.35. The SMILES string of the molecule is CN(C)CCOCC(c1ccccc1)c1ccccc1.Cl. The van der Waals surface area contributed by atoms with Crippen molar-refractivity contribution in [3.8, 4) is 0 Å². The van der Waals surface area contributed by atoms with Crippen molar-refractivity contribution in [2.45, 2.75) is 5.92 Å². The summed E-state index contributed by atoms with van der Waals surface area (Å²) in [6.07, 6.45) is 0. The number of ether oxygens (including phenoxy) is 1. The van der Waals surface area contributed by atoms with Gasteiger partial charge < -0.3 is 9.64 Å². The highest BCUT2D eigenvalue weighted by Gasteiger charge is 2.13. The van der Waals surface area contributed by atoms with Gasteiger partial charge in [-0.15, -0.1) is 12.4 Å². The molecule has 0 aliphatic heterocycles. The van der Waals surface area contributed by atoms with Gasteiger partial charge in [-0.05, 0) is 25.2 Å². The van der Waals surface area contributed by atoms with Gasteiger partial charge in [-0.3, -0.25) is 0 Å². The minimum absolute atomic E-state index is 0. The first-order valence-corrected chi connectivity index (χ1v) is 7.09. The van der Waals surface area contributed by atoms with E-state index in [1.807, 2.05) is 0 Å². The van der Waals surface area contributed by atoms with E-state index in [4.69, 9.17) is 4.74 Å². The Morgan fingerprint density at radius 1 is 0.857 bits per heavy atom. The fourth-order valence-electron chi connectivity index (χ4n) is 2.20. The van der Waals surface area contributed by atoms with Crippen LogP contribution in [0.2, 0.25) is 0 Å². The van der Waals surface area contributed by atoms with Crippen LogP contribution in [0.25, 0.3) is 0 Å². The van der Waals surface area contributed by atoms with Gasteiger partial charge in [-0.2, -0.15) is 0 Å². The number of rotatable bonds is 7. The molecule has 21 heavy (non-hydrogen) atoms. The minimum Gasteiger partial charge on any atom is -0.379 e. The number of hydrogen-bond donors (Lipinski definition) is 0. The van der Waals surface area contributed by atoms with Crippen molar-refractivity contribution in [2.75, 3.05) is 33.9 Å². The number of benzene rings is 2. The van der Waals surface area contributed by atoms with Gasteiger partial charge in [0.05, 0.1) is 13.2 Å². The molecule has 2 rings (SSSR count). The standard InChI is InChI=1S/C18H23NO.ClH/c1-19(2)13-14-20-15-18(16-9-5-3-6-10-16)17-11-7-4-8-12-17;/h3-12,18H,13-15H2,1-2H3;1H. The number of nitrogens with zero attached hydrogens (tertiary/aromatic N) is 1. The molecule has 0 aromatic heterocycles. The van der Waals surface area contributed by atoms with Gasteiger partial charge in [0.1, 0.15) is 0 Å². The Balaban J connectivity index is 0.00000220. The Morgan fingerprint density at radius 2 is 1.33 bits per heavy atom. The van der Waals surface area contributed by atoms with Crippen molar-refractivity contribution in [1.29, 1.82) is 0 Å². The second kappa shape index (κ2) is 9.56. The number of likely N-dealkylation sites (N-methyl/N-ethyl adjacent to an activating group) is 1. The molecule has 0 saturated heterocycles. The van der Waals surface area contributed by atoms with Crippen LogP contribution in [0.15, 0.2) is 60.7 Å². The summed E-state index contributed by atoms with van der Waals surface area (Å²) in [5.74, 6) is 0.305. The lowest BCUT2D eigenvalue weighted by Crippen LogP contribution is -2.20. The number of hydrogen-bond acceptors (Lipinski definition) is 2. The molecular weight excluding hydrogens is 282 g/mol. The summed E-state index contributed by atoms with van der Waals surface area (Å²) in [4.78, 5) is 2.14. The average Bonchev–Trinajstić information content (AvgIpc) is 2.49. The third-order valence-corrected chi connectivity index (χ3v) is 3.37. The van der Waals surface area contributed by atoms with E-state index in [9.17, 15) is 0 Å². The molecule has 2 aromatic carbocycles. The second-order valence-electron chi connectivity index (χ2n) is 5.25. The average molecular weight is 306 g/mol. The third-order valence-electron chi connectivity index (χ3n) is 3.37. The quantitative estimate of drug-likeness (QED) is 0.721. The van der Waals surface area contributed by atoms with E-state index in [1.165, 1.54) is 11.1 Å². The summed E-state index contributed by atoms with van der Waals surface area (Å²) in [5, 5.41) is 0. The predicted octanol–water partition coefficient (Wildman–Crippen LogP) is 3.82. The molecule has 114 valence electrons. The van der Waals surface area contributed by atoms with Crippen molar-refractivity contribution < 1.29 is 4.74 Å². The molecule has 0 radical (unpaired) electrons. The lowest BCUT2D eigenvalue weighted by atomic mass is 9.92. The van der Waals surface area contributed by atoms with Gasteiger partial charge in [-0.25, -0.2) is 0 Å². The maximum absolute atomic E-state index is 5.87. The first-order valence-electron chi connectivity index (χ1n) is 7.09. The first kappa shape index (κ1) is 17.7. The maximum atomic E-state index is 5.87. The second-order valence-corrected chi connectivity index (χ2v) is 5.25. The van der Waals surface area contributed by atoms with E-state index in [1.54, 1.807) is 0 Å². The lowest BCUT2D eigenvalue weighted by Gasteiger charge is -2.19. The van der Waals surface area contributed by atoms with Crippen LogP contribution in [0.4, 0.5) is 0 Å². The van der Waals surface area contributed by atoms with E-state index in [0.29, 0.717) is 5.92 Å². The molecular formula is C18H24ClNO. The molecule has 0 N–H and O–H groups in total. The fraction of sp³-hybridized carbons (Fsp3) is 0.333. The summed E-state index contributed by atoms with van der Waals surface area (Å²) in [6, 6.07) is 21.2. The molecule has 0 amide bonds. The zero-order chi connectivity index (χ0) is 14.2. The Bertz CT molecular complexity index is 448. The van der Waals surface area contributed by atoms with Crippen molar-refractivity contribution in [1.82, 2.24) is 4.90 Å². The Kier molecular flexibility index (Phi) is 8.06.